The number of nitrogens with zero attached hydrogens (tertiary/aromatic N) is 2. The van der Waals surface area contributed by atoms with E-state index in [-0.39, 0.29) is 18.1 Å². The number of H-pyrrole nitrogens is 1. The van der Waals surface area contributed by atoms with Crippen LogP contribution in [0.25, 0.3) is 0 Å². The van der Waals surface area contributed by atoms with Crippen LogP contribution < -0.4 is 0 Å². The van der Waals surface area contributed by atoms with Crippen molar-refractivity contribution in [1.29, 1.82) is 0 Å². The van der Waals surface area contributed by atoms with Crippen LogP contribution in [-0.2, 0) is 22.5 Å². The Labute approximate surface area is 132 Å². The Morgan fingerprint density at radius 1 is 1.55 bits per heavy atom. The van der Waals surface area contributed by atoms with Crippen LogP contribution >= 0.6 is 0 Å². The third-order valence-electron chi connectivity index (χ3n) is 5.00. The molecule has 1 aromatic rings. The molecule has 0 radical (unpaired) electrons. The topological polar surface area (TPSA) is 58.2 Å². The van der Waals surface area contributed by atoms with Crippen LogP contribution in [0.15, 0.2) is 6.20 Å². The third-order valence-corrected chi connectivity index (χ3v) is 5.00. The van der Waals surface area contributed by atoms with Crippen molar-refractivity contribution in [3.05, 3.63) is 17.5 Å². The number of aromatic nitrogens is 2. The summed E-state index contributed by atoms with van der Waals surface area (Å²) in [5, 5.41) is 7.08. The molecule has 0 spiro atoms. The summed E-state index contributed by atoms with van der Waals surface area (Å²) in [5.74, 6) is 0.863. The zero-order valence-electron chi connectivity index (χ0n) is 13.7. The van der Waals surface area contributed by atoms with Crippen LogP contribution in [0.4, 0.5) is 0 Å². The molecular weight excluding hydrogens is 278 g/mol. The van der Waals surface area contributed by atoms with Gasteiger partial charge in [-0.3, -0.25) is 9.89 Å². The number of amides is 1. The molecule has 1 aliphatic heterocycles. The Bertz CT molecular complexity index is 514. The number of hydrogen-bond acceptors (Lipinski definition) is 3. The average Bonchev–Trinajstić information content (AvgIpc) is 2.99. The van der Waals surface area contributed by atoms with Gasteiger partial charge in [-0.05, 0) is 25.2 Å². The molecule has 0 aromatic carbocycles. The number of carbonyl (C=O) groups excluding carboxylic acids is 1. The first kappa shape index (κ1) is 15.5. The molecule has 0 unspecified atom stereocenters. The van der Waals surface area contributed by atoms with Crippen LogP contribution in [0.1, 0.15) is 57.2 Å². The Morgan fingerprint density at radius 3 is 3.18 bits per heavy atom. The molecule has 122 valence electrons. The Kier molecular flexibility index (Phi) is 4.81. The summed E-state index contributed by atoms with van der Waals surface area (Å²) in [5.41, 5.74) is 2.31. The quantitative estimate of drug-likeness (QED) is 0.930. The highest BCUT2D eigenvalue weighted by atomic mass is 16.5. The van der Waals surface area contributed by atoms with Gasteiger partial charge in [-0.15, -0.1) is 0 Å². The number of rotatable bonds is 4. The van der Waals surface area contributed by atoms with E-state index in [0.717, 1.165) is 43.7 Å². The number of ether oxygens (including phenoxy) is 1. The van der Waals surface area contributed by atoms with Gasteiger partial charge in [0, 0.05) is 30.8 Å². The first-order valence-corrected chi connectivity index (χ1v) is 8.62. The summed E-state index contributed by atoms with van der Waals surface area (Å²) in [7, 11) is 0. The van der Waals surface area contributed by atoms with Gasteiger partial charge in [0.2, 0.25) is 0 Å². The molecular formula is C17H27N3O2. The van der Waals surface area contributed by atoms with E-state index in [9.17, 15) is 4.79 Å². The molecule has 22 heavy (non-hydrogen) atoms. The van der Waals surface area contributed by atoms with Gasteiger partial charge in [-0.2, -0.15) is 5.10 Å². The number of fused-ring (bicyclic) bond motifs is 1. The molecule has 3 atom stereocenters. The number of hydrogen-bond donors (Lipinski definition) is 1. The van der Waals surface area contributed by atoms with Gasteiger partial charge in [-0.1, -0.05) is 26.7 Å². The second-order valence-electron chi connectivity index (χ2n) is 6.81. The summed E-state index contributed by atoms with van der Waals surface area (Å²) in [6, 6.07) is 0. The minimum absolute atomic E-state index is 0.146. The fraction of sp³-hybridized carbons (Fsp3) is 0.765. The van der Waals surface area contributed by atoms with Crippen molar-refractivity contribution < 1.29 is 9.53 Å². The lowest BCUT2D eigenvalue weighted by Crippen LogP contribution is -2.44. The first-order chi connectivity index (χ1) is 10.7. The monoisotopic (exact) mass is 305 g/mol. The highest BCUT2D eigenvalue weighted by molar-refractivity contribution is 5.81. The van der Waals surface area contributed by atoms with Gasteiger partial charge in [0.05, 0.1) is 12.3 Å². The largest absolute Gasteiger partial charge is 0.365 e. The van der Waals surface area contributed by atoms with Crippen molar-refractivity contribution in [2.45, 2.75) is 71.1 Å². The van der Waals surface area contributed by atoms with E-state index in [0.29, 0.717) is 6.54 Å². The van der Waals surface area contributed by atoms with Crippen LogP contribution in [0, 0.1) is 5.92 Å². The predicted octanol–water partition coefficient (Wildman–Crippen LogP) is 2.67. The summed E-state index contributed by atoms with van der Waals surface area (Å²) in [6.07, 6.45) is 8.11. The first-order valence-electron chi connectivity index (χ1n) is 8.62. The van der Waals surface area contributed by atoms with E-state index in [1.807, 2.05) is 18.0 Å². The lowest BCUT2D eigenvalue weighted by Gasteiger charge is -2.33. The third kappa shape index (κ3) is 3.35. The van der Waals surface area contributed by atoms with E-state index in [4.69, 9.17) is 4.74 Å². The van der Waals surface area contributed by atoms with Crippen molar-refractivity contribution >= 4 is 5.91 Å². The van der Waals surface area contributed by atoms with Gasteiger partial charge in [0.1, 0.15) is 6.10 Å². The van der Waals surface area contributed by atoms with Gasteiger partial charge in [0.25, 0.3) is 5.91 Å². The second-order valence-corrected chi connectivity index (χ2v) is 6.81. The summed E-state index contributed by atoms with van der Waals surface area (Å²) >= 11 is 0. The zero-order chi connectivity index (χ0) is 15.5. The van der Waals surface area contributed by atoms with Gasteiger partial charge >= 0.3 is 0 Å². The van der Waals surface area contributed by atoms with Crippen molar-refractivity contribution in [3.8, 4) is 0 Å². The molecule has 1 aromatic heterocycles. The van der Waals surface area contributed by atoms with Crippen molar-refractivity contribution in [3.63, 3.8) is 0 Å². The molecule has 5 nitrogen and oxygen atoms in total. The highest BCUT2D eigenvalue weighted by Crippen LogP contribution is 2.27. The normalized spacial score (nSPS) is 26.5. The maximum atomic E-state index is 12.8. The molecule has 5 heteroatoms. The van der Waals surface area contributed by atoms with Gasteiger partial charge in [0.15, 0.2) is 0 Å². The standard InChI is InChI=1S/C17H27N3O2/c1-3-16(22-14-6-4-5-12(2)9-14)17(21)20-8-7-15-13(11-20)10-18-19-15/h10,12,14,16H,3-9,11H2,1-2H3,(H,18,19)/t12-,14+,16-/m0/s1. The second kappa shape index (κ2) is 6.82. The lowest BCUT2D eigenvalue weighted by molar-refractivity contribution is -0.150. The van der Waals surface area contributed by atoms with Gasteiger partial charge in [-0.25, -0.2) is 0 Å². The lowest BCUT2D eigenvalue weighted by atomic mass is 9.88. The maximum Gasteiger partial charge on any atom is 0.252 e. The van der Waals surface area contributed by atoms with Crippen molar-refractivity contribution in [2.75, 3.05) is 6.54 Å². The van der Waals surface area contributed by atoms with Gasteiger partial charge < -0.3 is 9.64 Å². The Hall–Kier alpha value is -1.36. The van der Waals surface area contributed by atoms with E-state index >= 15 is 0 Å². The van der Waals surface area contributed by atoms with Crippen LogP contribution in [0.3, 0.4) is 0 Å². The van der Waals surface area contributed by atoms with Crippen LogP contribution in [0.2, 0.25) is 0 Å². The molecule has 1 fully saturated rings. The molecule has 1 saturated carbocycles. The number of aromatic amines is 1. The molecule has 2 aliphatic rings. The number of nitrogens with one attached hydrogen (secondary N) is 1. The van der Waals surface area contributed by atoms with E-state index < -0.39 is 0 Å². The SMILES string of the molecule is CC[C@H](O[C@@H]1CCC[C@H](C)C1)C(=O)N1CCc2[nH]ncc2C1. The molecule has 1 aliphatic carbocycles. The van der Waals surface area contributed by atoms with E-state index in [1.165, 1.54) is 18.5 Å². The van der Waals surface area contributed by atoms with Crippen LogP contribution in [-0.4, -0.2) is 39.8 Å². The average molecular weight is 305 g/mol. The molecule has 1 amide bonds. The maximum absolute atomic E-state index is 12.8. The van der Waals surface area contributed by atoms with E-state index in [2.05, 4.69) is 17.1 Å². The molecule has 0 bridgehead atoms. The van der Waals surface area contributed by atoms with Crippen LogP contribution in [0.5, 0.6) is 0 Å². The fourth-order valence-corrected chi connectivity index (χ4v) is 3.68. The zero-order valence-corrected chi connectivity index (χ0v) is 13.7. The summed E-state index contributed by atoms with van der Waals surface area (Å²) in [6.45, 7) is 5.74. The van der Waals surface area contributed by atoms with E-state index in [1.54, 1.807) is 0 Å². The minimum atomic E-state index is -0.288. The molecule has 3 rings (SSSR count). The Morgan fingerprint density at radius 2 is 2.41 bits per heavy atom. The summed E-state index contributed by atoms with van der Waals surface area (Å²) < 4.78 is 6.18. The van der Waals surface area contributed by atoms with Crippen molar-refractivity contribution in [1.82, 2.24) is 15.1 Å². The Balaban J connectivity index is 1.60. The molecule has 1 N–H and O–H groups in total. The predicted molar refractivity (Wildman–Crippen MR) is 84.3 cm³/mol. The smallest absolute Gasteiger partial charge is 0.252 e. The molecule has 2 heterocycles. The summed E-state index contributed by atoms with van der Waals surface area (Å²) in [4.78, 5) is 14.7. The molecule has 0 saturated heterocycles. The number of carbonyl (C=O) groups is 1. The highest BCUT2D eigenvalue weighted by Gasteiger charge is 2.30. The minimum Gasteiger partial charge on any atom is -0.365 e. The fourth-order valence-electron chi connectivity index (χ4n) is 3.68. The van der Waals surface area contributed by atoms with Crippen molar-refractivity contribution in [2.24, 2.45) is 5.92 Å².